The van der Waals surface area contributed by atoms with Crippen LogP contribution in [0, 0.1) is 5.41 Å². The number of aromatic nitrogens is 2. The lowest BCUT2D eigenvalue weighted by atomic mass is 9.48. The zero-order valence-corrected chi connectivity index (χ0v) is 13.2. The quantitative estimate of drug-likeness (QED) is 0.820. The Kier molecular flexibility index (Phi) is 4.31. The molecular formula is C14H25B2N3O. The molecule has 1 fully saturated rings. The number of carbonyl (C=O) groups is 1. The van der Waals surface area contributed by atoms with E-state index in [0.717, 1.165) is 31.4 Å². The molecule has 0 bridgehead atoms. The molecule has 0 spiro atoms. The van der Waals surface area contributed by atoms with E-state index in [1.165, 1.54) is 12.8 Å². The van der Waals surface area contributed by atoms with E-state index >= 15 is 0 Å². The first-order valence-electron chi connectivity index (χ1n) is 7.61. The van der Waals surface area contributed by atoms with Crippen LogP contribution in [-0.4, -0.2) is 31.4 Å². The van der Waals surface area contributed by atoms with Crippen LogP contribution in [-0.2, 0) is 11.8 Å². The van der Waals surface area contributed by atoms with Crippen LogP contribution in [0.5, 0.6) is 0 Å². The number of anilines is 1. The van der Waals surface area contributed by atoms with Gasteiger partial charge in [-0.15, -0.1) is 0 Å². The summed E-state index contributed by atoms with van der Waals surface area (Å²) in [5, 5.41) is 7.48. The summed E-state index contributed by atoms with van der Waals surface area (Å²) in [5.41, 5.74) is 0.535. The van der Waals surface area contributed by atoms with Crippen LogP contribution < -0.4 is 5.32 Å². The molecule has 1 unspecified atom stereocenters. The molecule has 2 rings (SSSR count). The molecule has 1 N–H and O–H groups in total. The van der Waals surface area contributed by atoms with Gasteiger partial charge in [-0.2, -0.15) is 5.10 Å². The minimum absolute atomic E-state index is 0.142. The molecule has 1 amide bonds. The van der Waals surface area contributed by atoms with Crippen LogP contribution in [0.2, 0.25) is 5.21 Å². The fourth-order valence-electron chi connectivity index (χ4n) is 2.98. The predicted molar refractivity (Wildman–Crippen MR) is 87.4 cm³/mol. The number of rotatable bonds is 2. The SMILES string of the molecule is BC1(B)CCCCC(C)(C(=O)Nc2cnn(C)c2)CC1. The number of hydrogen-bond donors (Lipinski definition) is 1. The Hall–Kier alpha value is -1.19. The second kappa shape index (κ2) is 5.66. The Labute approximate surface area is 123 Å². The number of nitrogens with one attached hydrogen (secondary N) is 1. The van der Waals surface area contributed by atoms with Crippen molar-refractivity contribution in [3.8, 4) is 0 Å². The minimum atomic E-state index is -0.256. The Morgan fingerprint density at radius 2 is 2.00 bits per heavy atom. The maximum atomic E-state index is 12.6. The molecule has 0 aliphatic heterocycles. The Balaban J connectivity index is 2.05. The third-order valence-corrected chi connectivity index (χ3v) is 4.70. The molecule has 1 aliphatic carbocycles. The molecule has 108 valence electrons. The lowest BCUT2D eigenvalue weighted by Gasteiger charge is -2.36. The molecule has 4 nitrogen and oxygen atoms in total. The van der Waals surface area contributed by atoms with E-state index in [1.807, 2.05) is 13.2 Å². The third kappa shape index (κ3) is 3.68. The van der Waals surface area contributed by atoms with Gasteiger partial charge in [0.05, 0.1) is 27.6 Å². The number of aryl methyl sites for hydroxylation is 1. The lowest BCUT2D eigenvalue weighted by Crippen LogP contribution is -2.35. The van der Waals surface area contributed by atoms with Crippen LogP contribution in [0.1, 0.15) is 45.4 Å². The molecule has 1 aromatic rings. The largest absolute Gasteiger partial charge is 0.323 e. The second-order valence-corrected chi connectivity index (χ2v) is 7.29. The molecule has 1 aromatic heterocycles. The molecule has 1 atom stereocenters. The van der Waals surface area contributed by atoms with Gasteiger partial charge in [-0.05, 0) is 12.8 Å². The first-order valence-corrected chi connectivity index (χ1v) is 7.61. The van der Waals surface area contributed by atoms with Gasteiger partial charge in [0.2, 0.25) is 5.91 Å². The zero-order valence-electron chi connectivity index (χ0n) is 13.2. The molecule has 20 heavy (non-hydrogen) atoms. The zero-order chi connectivity index (χ0) is 14.8. The van der Waals surface area contributed by atoms with Gasteiger partial charge in [-0.3, -0.25) is 9.48 Å². The summed E-state index contributed by atoms with van der Waals surface area (Å²) in [4.78, 5) is 12.6. The standard InChI is InChI=1S/C14H25B2N3O/c1-13(5-3-4-6-14(15,16)8-7-13)12(20)18-11-9-17-19(2)10-11/h9-10H,3-8,15-16H2,1-2H3,(H,18,20). The van der Waals surface area contributed by atoms with Crippen molar-refractivity contribution in [1.29, 1.82) is 0 Å². The third-order valence-electron chi connectivity index (χ3n) is 4.70. The van der Waals surface area contributed by atoms with Crippen molar-refractivity contribution in [3.63, 3.8) is 0 Å². The van der Waals surface area contributed by atoms with Gasteiger partial charge in [0.25, 0.3) is 0 Å². The summed E-state index contributed by atoms with van der Waals surface area (Å²) in [6.45, 7) is 2.11. The highest BCUT2D eigenvalue weighted by Gasteiger charge is 2.36. The highest BCUT2D eigenvalue weighted by molar-refractivity contribution is 6.39. The van der Waals surface area contributed by atoms with Crippen LogP contribution in [0.25, 0.3) is 0 Å². The monoisotopic (exact) mass is 273 g/mol. The van der Waals surface area contributed by atoms with Gasteiger partial charge in [0.1, 0.15) is 0 Å². The van der Waals surface area contributed by atoms with Crippen LogP contribution in [0.3, 0.4) is 0 Å². The maximum absolute atomic E-state index is 12.6. The fourth-order valence-corrected chi connectivity index (χ4v) is 2.98. The van der Waals surface area contributed by atoms with E-state index in [0.29, 0.717) is 5.21 Å². The van der Waals surface area contributed by atoms with E-state index < -0.39 is 0 Å². The normalized spacial score (nSPS) is 26.5. The van der Waals surface area contributed by atoms with Crippen LogP contribution in [0.4, 0.5) is 5.69 Å². The lowest BCUT2D eigenvalue weighted by molar-refractivity contribution is -0.125. The van der Waals surface area contributed by atoms with E-state index in [9.17, 15) is 4.79 Å². The predicted octanol–water partition coefficient (Wildman–Crippen LogP) is 1.10. The summed E-state index contributed by atoms with van der Waals surface area (Å²) in [7, 11) is 6.49. The van der Waals surface area contributed by atoms with Gasteiger partial charge in [0.15, 0.2) is 0 Å². The first-order chi connectivity index (χ1) is 9.31. The van der Waals surface area contributed by atoms with E-state index in [-0.39, 0.29) is 11.3 Å². The van der Waals surface area contributed by atoms with Crippen LogP contribution in [0.15, 0.2) is 12.4 Å². The van der Waals surface area contributed by atoms with Crippen molar-refractivity contribution in [1.82, 2.24) is 9.78 Å². The van der Waals surface area contributed by atoms with Crippen molar-refractivity contribution < 1.29 is 4.79 Å². The highest BCUT2D eigenvalue weighted by Crippen LogP contribution is 2.42. The number of carbonyl (C=O) groups excluding carboxylic acids is 1. The molecule has 1 heterocycles. The van der Waals surface area contributed by atoms with Crippen molar-refractivity contribution in [2.24, 2.45) is 12.5 Å². The van der Waals surface area contributed by atoms with Crippen LogP contribution >= 0.6 is 0 Å². The average Bonchev–Trinajstić information content (AvgIpc) is 2.76. The molecular weight excluding hydrogens is 248 g/mol. The van der Waals surface area contributed by atoms with Gasteiger partial charge < -0.3 is 5.32 Å². The van der Waals surface area contributed by atoms with Crippen molar-refractivity contribution in [3.05, 3.63) is 12.4 Å². The van der Waals surface area contributed by atoms with Gasteiger partial charge >= 0.3 is 0 Å². The number of amides is 1. The van der Waals surface area contributed by atoms with Crippen molar-refractivity contribution in [2.75, 3.05) is 5.32 Å². The minimum Gasteiger partial charge on any atom is -0.323 e. The maximum Gasteiger partial charge on any atom is 0.230 e. The summed E-state index contributed by atoms with van der Waals surface area (Å²) < 4.78 is 1.71. The number of hydrogen-bond acceptors (Lipinski definition) is 2. The van der Waals surface area contributed by atoms with Gasteiger partial charge in [0, 0.05) is 18.7 Å². The molecule has 6 heteroatoms. The number of nitrogens with zero attached hydrogens (tertiary/aromatic N) is 2. The summed E-state index contributed by atoms with van der Waals surface area (Å²) in [6.07, 6.45) is 10.2. The Morgan fingerprint density at radius 3 is 2.65 bits per heavy atom. The summed E-state index contributed by atoms with van der Waals surface area (Å²) in [6, 6.07) is 0. The van der Waals surface area contributed by atoms with E-state index in [4.69, 9.17) is 0 Å². The first kappa shape index (κ1) is 15.2. The van der Waals surface area contributed by atoms with Crippen molar-refractivity contribution >= 4 is 27.3 Å². The molecule has 0 aromatic carbocycles. The topological polar surface area (TPSA) is 46.9 Å². The van der Waals surface area contributed by atoms with E-state index in [1.54, 1.807) is 10.9 Å². The molecule has 1 saturated carbocycles. The Morgan fingerprint density at radius 1 is 1.30 bits per heavy atom. The highest BCUT2D eigenvalue weighted by atomic mass is 16.2. The second-order valence-electron chi connectivity index (χ2n) is 7.29. The smallest absolute Gasteiger partial charge is 0.230 e. The van der Waals surface area contributed by atoms with Crippen molar-refractivity contribution in [2.45, 2.75) is 50.7 Å². The fraction of sp³-hybridized carbons (Fsp3) is 0.714. The van der Waals surface area contributed by atoms with Gasteiger partial charge in [-0.25, -0.2) is 0 Å². The summed E-state index contributed by atoms with van der Waals surface area (Å²) in [5.74, 6) is 0.142. The summed E-state index contributed by atoms with van der Waals surface area (Å²) >= 11 is 0. The average molecular weight is 273 g/mol. The molecule has 0 saturated heterocycles. The molecule has 1 aliphatic rings. The Bertz CT molecular complexity index is 487. The van der Waals surface area contributed by atoms with E-state index in [2.05, 4.69) is 33.0 Å². The molecule has 0 radical (unpaired) electrons. The van der Waals surface area contributed by atoms with Gasteiger partial charge in [-0.1, -0.05) is 37.8 Å².